The Bertz CT molecular complexity index is 402. The van der Waals surface area contributed by atoms with Gasteiger partial charge in [-0.25, -0.2) is 4.98 Å². The van der Waals surface area contributed by atoms with Gasteiger partial charge >= 0.3 is 0 Å². The SMILES string of the molecule is Cc1nc(CNCc2csnn2)sc1C. The van der Waals surface area contributed by atoms with Gasteiger partial charge in [-0.1, -0.05) is 4.49 Å². The van der Waals surface area contributed by atoms with Gasteiger partial charge in [0.25, 0.3) is 0 Å². The molecule has 0 amide bonds. The molecule has 6 heteroatoms. The summed E-state index contributed by atoms with van der Waals surface area (Å²) in [5.74, 6) is 0. The minimum Gasteiger partial charge on any atom is -0.305 e. The summed E-state index contributed by atoms with van der Waals surface area (Å²) >= 11 is 3.12. The van der Waals surface area contributed by atoms with E-state index in [9.17, 15) is 0 Å². The molecule has 2 rings (SSSR count). The van der Waals surface area contributed by atoms with Gasteiger partial charge in [-0.3, -0.25) is 0 Å². The lowest BCUT2D eigenvalue weighted by Gasteiger charge is -1.97. The van der Waals surface area contributed by atoms with Gasteiger partial charge in [0.15, 0.2) is 0 Å². The number of hydrogen-bond acceptors (Lipinski definition) is 6. The summed E-state index contributed by atoms with van der Waals surface area (Å²) in [6.45, 7) is 5.70. The zero-order chi connectivity index (χ0) is 10.7. The molecule has 2 aromatic rings. The maximum Gasteiger partial charge on any atom is 0.107 e. The zero-order valence-electron chi connectivity index (χ0n) is 8.65. The molecule has 2 aromatic heterocycles. The van der Waals surface area contributed by atoms with Gasteiger partial charge in [0, 0.05) is 23.3 Å². The summed E-state index contributed by atoms with van der Waals surface area (Å²) in [6, 6.07) is 0. The molecule has 0 aliphatic heterocycles. The van der Waals surface area contributed by atoms with Crippen molar-refractivity contribution in [3.63, 3.8) is 0 Å². The van der Waals surface area contributed by atoms with Gasteiger partial charge in [-0.15, -0.1) is 16.4 Å². The molecule has 0 spiro atoms. The van der Waals surface area contributed by atoms with Crippen molar-refractivity contribution in [3.8, 4) is 0 Å². The fourth-order valence-corrected chi connectivity index (χ4v) is 2.53. The monoisotopic (exact) mass is 240 g/mol. The lowest BCUT2D eigenvalue weighted by Crippen LogP contribution is -2.12. The van der Waals surface area contributed by atoms with Crippen LogP contribution in [0.25, 0.3) is 0 Å². The minimum atomic E-state index is 0.758. The molecular formula is C9H12N4S2. The summed E-state index contributed by atoms with van der Waals surface area (Å²) < 4.78 is 3.80. The van der Waals surface area contributed by atoms with Gasteiger partial charge in [-0.05, 0) is 25.4 Å². The van der Waals surface area contributed by atoms with Crippen LogP contribution in [0.3, 0.4) is 0 Å². The van der Waals surface area contributed by atoms with E-state index in [4.69, 9.17) is 0 Å². The number of aryl methyl sites for hydroxylation is 2. The Morgan fingerprint density at radius 3 is 2.80 bits per heavy atom. The summed E-state index contributed by atoms with van der Waals surface area (Å²) in [4.78, 5) is 5.75. The molecule has 0 aliphatic rings. The van der Waals surface area contributed by atoms with E-state index < -0.39 is 0 Å². The molecule has 0 unspecified atom stereocenters. The quantitative estimate of drug-likeness (QED) is 0.887. The van der Waals surface area contributed by atoms with Crippen LogP contribution in [0, 0.1) is 13.8 Å². The first-order valence-electron chi connectivity index (χ1n) is 4.65. The van der Waals surface area contributed by atoms with E-state index in [0.29, 0.717) is 0 Å². The largest absolute Gasteiger partial charge is 0.305 e. The third-order valence-electron chi connectivity index (χ3n) is 2.06. The molecule has 0 saturated carbocycles. The number of thiazole rings is 1. The van der Waals surface area contributed by atoms with Crippen LogP contribution in [0.1, 0.15) is 21.3 Å². The van der Waals surface area contributed by atoms with E-state index in [2.05, 4.69) is 26.8 Å². The molecule has 1 N–H and O–H groups in total. The number of aromatic nitrogens is 3. The Balaban J connectivity index is 1.83. The lowest BCUT2D eigenvalue weighted by atomic mass is 10.4. The van der Waals surface area contributed by atoms with E-state index in [-0.39, 0.29) is 0 Å². The smallest absolute Gasteiger partial charge is 0.107 e. The van der Waals surface area contributed by atoms with Crippen LogP contribution in [0.4, 0.5) is 0 Å². The van der Waals surface area contributed by atoms with E-state index in [0.717, 1.165) is 29.5 Å². The molecule has 0 atom stereocenters. The fourth-order valence-electron chi connectivity index (χ4n) is 1.17. The first-order chi connectivity index (χ1) is 7.25. The van der Waals surface area contributed by atoms with Crippen molar-refractivity contribution in [2.45, 2.75) is 26.9 Å². The average Bonchev–Trinajstić information content (AvgIpc) is 2.79. The van der Waals surface area contributed by atoms with Gasteiger partial charge in [-0.2, -0.15) is 0 Å². The highest BCUT2D eigenvalue weighted by molar-refractivity contribution is 7.11. The Morgan fingerprint density at radius 1 is 1.33 bits per heavy atom. The average molecular weight is 240 g/mol. The zero-order valence-corrected chi connectivity index (χ0v) is 10.3. The molecule has 0 saturated heterocycles. The molecule has 80 valence electrons. The lowest BCUT2D eigenvalue weighted by molar-refractivity contribution is 0.673. The summed E-state index contributed by atoms with van der Waals surface area (Å²) in [5.41, 5.74) is 2.12. The minimum absolute atomic E-state index is 0.758. The highest BCUT2D eigenvalue weighted by Crippen LogP contribution is 2.15. The standard InChI is InChI=1S/C9H12N4S2/c1-6-7(2)15-9(11-6)4-10-3-8-5-14-13-12-8/h5,10H,3-4H2,1-2H3. The van der Waals surface area contributed by atoms with Crippen LogP contribution in [0.2, 0.25) is 0 Å². The van der Waals surface area contributed by atoms with E-state index in [1.165, 1.54) is 16.4 Å². The normalized spacial score (nSPS) is 10.8. The summed E-state index contributed by atoms with van der Waals surface area (Å²) in [5, 5.41) is 10.3. The summed E-state index contributed by atoms with van der Waals surface area (Å²) in [6.07, 6.45) is 0. The molecule has 0 fully saturated rings. The van der Waals surface area contributed by atoms with Crippen LogP contribution in [0.15, 0.2) is 5.38 Å². The van der Waals surface area contributed by atoms with Crippen LogP contribution in [0.5, 0.6) is 0 Å². The van der Waals surface area contributed by atoms with Crippen molar-refractivity contribution in [2.24, 2.45) is 0 Å². The summed E-state index contributed by atoms with van der Waals surface area (Å²) in [7, 11) is 0. The predicted molar refractivity (Wildman–Crippen MR) is 62.0 cm³/mol. The van der Waals surface area contributed by atoms with Gasteiger partial charge in [0.1, 0.15) is 5.01 Å². The number of nitrogens with one attached hydrogen (secondary N) is 1. The van der Waals surface area contributed by atoms with Crippen molar-refractivity contribution in [1.82, 2.24) is 19.9 Å². The second-order valence-corrected chi connectivity index (χ2v) is 5.15. The third-order valence-corrected chi connectivity index (χ3v) is 3.69. The van der Waals surface area contributed by atoms with E-state index in [1.807, 2.05) is 12.3 Å². The third kappa shape index (κ3) is 2.80. The number of nitrogens with zero attached hydrogens (tertiary/aromatic N) is 3. The Morgan fingerprint density at radius 2 is 2.20 bits per heavy atom. The van der Waals surface area contributed by atoms with E-state index in [1.54, 1.807) is 11.3 Å². The van der Waals surface area contributed by atoms with Gasteiger partial charge < -0.3 is 5.32 Å². The Hall–Kier alpha value is -0.850. The van der Waals surface area contributed by atoms with Crippen molar-refractivity contribution < 1.29 is 0 Å². The van der Waals surface area contributed by atoms with Crippen LogP contribution < -0.4 is 5.32 Å². The molecular weight excluding hydrogens is 228 g/mol. The molecule has 0 radical (unpaired) electrons. The number of hydrogen-bond donors (Lipinski definition) is 1. The van der Waals surface area contributed by atoms with Crippen LogP contribution in [-0.2, 0) is 13.1 Å². The second-order valence-electron chi connectivity index (χ2n) is 3.25. The maximum absolute atomic E-state index is 4.45. The number of rotatable bonds is 4. The highest BCUT2D eigenvalue weighted by atomic mass is 32.1. The second kappa shape index (κ2) is 4.78. The Labute approximate surface area is 96.5 Å². The van der Waals surface area contributed by atoms with Crippen molar-refractivity contribution in [2.75, 3.05) is 0 Å². The molecule has 15 heavy (non-hydrogen) atoms. The van der Waals surface area contributed by atoms with Crippen LogP contribution in [-0.4, -0.2) is 14.6 Å². The van der Waals surface area contributed by atoms with Crippen molar-refractivity contribution in [1.29, 1.82) is 0 Å². The topological polar surface area (TPSA) is 50.7 Å². The molecule has 0 aliphatic carbocycles. The van der Waals surface area contributed by atoms with Crippen molar-refractivity contribution in [3.05, 3.63) is 26.7 Å². The first kappa shape index (κ1) is 10.7. The molecule has 0 bridgehead atoms. The highest BCUT2D eigenvalue weighted by Gasteiger charge is 2.03. The van der Waals surface area contributed by atoms with Gasteiger partial charge in [0.2, 0.25) is 0 Å². The molecule has 0 aromatic carbocycles. The van der Waals surface area contributed by atoms with Crippen LogP contribution >= 0.6 is 22.9 Å². The maximum atomic E-state index is 4.45. The first-order valence-corrected chi connectivity index (χ1v) is 6.30. The fraction of sp³-hybridized carbons (Fsp3) is 0.444. The molecule has 4 nitrogen and oxygen atoms in total. The van der Waals surface area contributed by atoms with Gasteiger partial charge in [0.05, 0.1) is 11.4 Å². The Kier molecular flexibility index (Phi) is 3.40. The van der Waals surface area contributed by atoms with Crippen molar-refractivity contribution >= 4 is 22.9 Å². The van der Waals surface area contributed by atoms with E-state index >= 15 is 0 Å². The molecule has 2 heterocycles. The predicted octanol–water partition coefficient (Wildman–Crippen LogP) is 1.90.